The lowest BCUT2D eigenvalue weighted by molar-refractivity contribution is 0.103. The SMILES string of the molecule is Cc1c(C(=O)c2ccccc2)c2ccccc2n1CCCCCCCCCCCO. The molecule has 0 saturated heterocycles. The Hall–Kier alpha value is -2.39. The molecule has 0 fully saturated rings. The number of carbonyl (C=O) groups excluding carboxylic acids is 1. The topological polar surface area (TPSA) is 42.2 Å². The number of nitrogens with zero attached hydrogens (tertiary/aromatic N) is 1. The van der Waals surface area contributed by atoms with E-state index in [1.54, 1.807) is 0 Å². The van der Waals surface area contributed by atoms with Crippen LogP contribution < -0.4 is 0 Å². The van der Waals surface area contributed by atoms with Gasteiger partial charge in [0.05, 0.1) is 5.56 Å². The van der Waals surface area contributed by atoms with E-state index < -0.39 is 0 Å². The average Bonchev–Trinajstić information content (AvgIpc) is 3.06. The zero-order chi connectivity index (χ0) is 21.2. The van der Waals surface area contributed by atoms with Crippen molar-refractivity contribution in [3.8, 4) is 0 Å². The largest absolute Gasteiger partial charge is 0.396 e. The molecule has 3 nitrogen and oxygen atoms in total. The molecule has 0 aliphatic carbocycles. The minimum atomic E-state index is 0.115. The molecule has 0 aliphatic heterocycles. The van der Waals surface area contributed by atoms with Crippen LogP contribution in [0.3, 0.4) is 0 Å². The van der Waals surface area contributed by atoms with Crippen LogP contribution in [0.2, 0.25) is 0 Å². The third-order valence-electron chi connectivity index (χ3n) is 6.03. The number of ketones is 1. The van der Waals surface area contributed by atoms with Crippen molar-refractivity contribution in [2.45, 2.75) is 71.3 Å². The highest BCUT2D eigenvalue weighted by molar-refractivity contribution is 6.17. The summed E-state index contributed by atoms with van der Waals surface area (Å²) >= 11 is 0. The molecule has 1 N–H and O–H groups in total. The van der Waals surface area contributed by atoms with Gasteiger partial charge in [0.15, 0.2) is 5.78 Å². The highest BCUT2D eigenvalue weighted by atomic mass is 16.2. The zero-order valence-corrected chi connectivity index (χ0v) is 18.3. The summed E-state index contributed by atoms with van der Waals surface area (Å²) < 4.78 is 2.33. The van der Waals surface area contributed by atoms with Crippen LogP contribution in [-0.2, 0) is 6.54 Å². The monoisotopic (exact) mass is 405 g/mol. The minimum Gasteiger partial charge on any atom is -0.396 e. The molecule has 3 rings (SSSR count). The maximum Gasteiger partial charge on any atom is 0.195 e. The molecule has 0 unspecified atom stereocenters. The second kappa shape index (κ2) is 11.7. The second-order valence-corrected chi connectivity index (χ2v) is 8.23. The molecule has 0 spiro atoms. The minimum absolute atomic E-state index is 0.115. The zero-order valence-electron chi connectivity index (χ0n) is 18.3. The average molecular weight is 406 g/mol. The van der Waals surface area contributed by atoms with Gasteiger partial charge in [0, 0.05) is 35.3 Å². The lowest BCUT2D eigenvalue weighted by atomic mass is 10.0. The van der Waals surface area contributed by atoms with Crippen LogP contribution in [0.5, 0.6) is 0 Å². The number of rotatable bonds is 13. The van der Waals surface area contributed by atoms with Gasteiger partial charge in [-0.15, -0.1) is 0 Å². The van der Waals surface area contributed by atoms with Crippen LogP contribution in [0.1, 0.15) is 79.4 Å². The summed E-state index contributed by atoms with van der Waals surface area (Å²) in [7, 11) is 0. The van der Waals surface area contributed by atoms with E-state index in [1.165, 1.54) is 38.5 Å². The number of benzene rings is 2. The molecule has 0 atom stereocenters. The lowest BCUT2D eigenvalue weighted by Gasteiger charge is -2.09. The summed E-state index contributed by atoms with van der Waals surface area (Å²) in [4.78, 5) is 13.2. The van der Waals surface area contributed by atoms with Crippen molar-refractivity contribution in [2.75, 3.05) is 6.61 Å². The molecule has 1 aromatic heterocycles. The van der Waals surface area contributed by atoms with Crippen molar-refractivity contribution >= 4 is 16.7 Å². The van der Waals surface area contributed by atoms with Gasteiger partial charge < -0.3 is 9.67 Å². The molecule has 1 heterocycles. The van der Waals surface area contributed by atoms with Gasteiger partial charge in [-0.3, -0.25) is 4.79 Å². The Morgan fingerprint density at radius 1 is 0.767 bits per heavy atom. The number of aliphatic hydroxyl groups is 1. The van der Waals surface area contributed by atoms with Crippen molar-refractivity contribution in [3.63, 3.8) is 0 Å². The predicted octanol–water partition coefficient (Wildman–Crippen LogP) is 6.68. The van der Waals surface area contributed by atoms with Crippen LogP contribution in [0.4, 0.5) is 0 Å². The molecule has 160 valence electrons. The fraction of sp³-hybridized carbons (Fsp3) is 0.444. The van der Waals surface area contributed by atoms with Crippen molar-refractivity contribution in [1.29, 1.82) is 0 Å². The number of aliphatic hydroxyl groups excluding tert-OH is 1. The van der Waals surface area contributed by atoms with Crippen molar-refractivity contribution in [1.82, 2.24) is 4.57 Å². The number of unbranched alkanes of at least 4 members (excludes halogenated alkanes) is 8. The normalized spacial score (nSPS) is 11.3. The Morgan fingerprint density at radius 3 is 2.00 bits per heavy atom. The maximum absolute atomic E-state index is 13.2. The molecule has 2 aromatic carbocycles. The standard InChI is InChI=1S/C27H35NO2/c1-22-26(27(30)23-16-10-9-11-17-23)24-18-12-13-19-25(24)28(22)20-14-7-5-3-2-4-6-8-15-21-29/h9-13,16-19,29H,2-8,14-15,20-21H2,1H3. The molecule has 0 saturated carbocycles. The Balaban J connectivity index is 1.59. The Labute approximate surface area is 180 Å². The quantitative estimate of drug-likeness (QED) is 0.254. The molecule has 0 radical (unpaired) electrons. The third-order valence-corrected chi connectivity index (χ3v) is 6.03. The number of aryl methyl sites for hydroxylation is 1. The van der Waals surface area contributed by atoms with Gasteiger partial charge in [-0.05, 0) is 25.8 Å². The summed E-state index contributed by atoms with van der Waals surface area (Å²) in [6.45, 7) is 3.37. The van der Waals surface area contributed by atoms with Crippen molar-refractivity contribution in [3.05, 3.63) is 71.4 Å². The van der Waals surface area contributed by atoms with E-state index in [-0.39, 0.29) is 5.78 Å². The maximum atomic E-state index is 13.2. The van der Waals surface area contributed by atoms with E-state index in [4.69, 9.17) is 5.11 Å². The molecule has 0 amide bonds. The van der Waals surface area contributed by atoms with E-state index in [1.807, 2.05) is 36.4 Å². The first-order chi connectivity index (χ1) is 14.7. The molecular formula is C27H35NO2. The van der Waals surface area contributed by atoms with E-state index >= 15 is 0 Å². The second-order valence-electron chi connectivity index (χ2n) is 8.23. The number of hydrogen-bond acceptors (Lipinski definition) is 2. The first kappa shape index (κ1) is 22.3. The molecule has 0 aliphatic rings. The van der Waals surface area contributed by atoms with Crippen LogP contribution in [0.25, 0.3) is 10.9 Å². The summed E-state index contributed by atoms with van der Waals surface area (Å²) in [5.41, 5.74) is 3.84. The fourth-order valence-electron chi connectivity index (χ4n) is 4.36. The Kier molecular flexibility index (Phi) is 8.70. The van der Waals surface area contributed by atoms with Gasteiger partial charge in [-0.2, -0.15) is 0 Å². The van der Waals surface area contributed by atoms with Crippen LogP contribution in [0.15, 0.2) is 54.6 Å². The smallest absolute Gasteiger partial charge is 0.195 e. The van der Waals surface area contributed by atoms with Gasteiger partial charge in [0.2, 0.25) is 0 Å². The molecule has 30 heavy (non-hydrogen) atoms. The Morgan fingerprint density at radius 2 is 1.33 bits per heavy atom. The number of hydrogen-bond donors (Lipinski definition) is 1. The first-order valence-corrected chi connectivity index (χ1v) is 11.5. The van der Waals surface area contributed by atoms with E-state index in [0.717, 1.165) is 53.5 Å². The van der Waals surface area contributed by atoms with Gasteiger partial charge in [0.25, 0.3) is 0 Å². The van der Waals surface area contributed by atoms with Crippen LogP contribution >= 0.6 is 0 Å². The summed E-state index contributed by atoms with van der Waals surface area (Å²) in [6, 6.07) is 17.9. The number of fused-ring (bicyclic) bond motifs is 1. The Bertz CT molecular complexity index is 927. The summed E-state index contributed by atoms with van der Waals surface area (Å²) in [6.07, 6.45) is 10.9. The van der Waals surface area contributed by atoms with E-state index in [9.17, 15) is 4.79 Å². The van der Waals surface area contributed by atoms with Crippen LogP contribution in [-0.4, -0.2) is 22.1 Å². The molecule has 3 aromatic rings. The van der Waals surface area contributed by atoms with E-state index in [0.29, 0.717) is 6.61 Å². The van der Waals surface area contributed by atoms with E-state index in [2.05, 4.69) is 29.7 Å². The summed E-state index contributed by atoms with van der Waals surface area (Å²) in [5.74, 6) is 0.115. The van der Waals surface area contributed by atoms with Crippen molar-refractivity contribution in [2.24, 2.45) is 0 Å². The molecule has 3 heteroatoms. The lowest BCUT2D eigenvalue weighted by Crippen LogP contribution is -2.05. The first-order valence-electron chi connectivity index (χ1n) is 11.5. The predicted molar refractivity (Wildman–Crippen MR) is 125 cm³/mol. The highest BCUT2D eigenvalue weighted by Crippen LogP contribution is 2.28. The number of para-hydroxylation sites is 1. The van der Waals surface area contributed by atoms with Gasteiger partial charge in [0.1, 0.15) is 0 Å². The summed E-state index contributed by atoms with van der Waals surface area (Å²) in [5, 5.41) is 9.88. The van der Waals surface area contributed by atoms with Crippen molar-refractivity contribution < 1.29 is 9.90 Å². The van der Waals surface area contributed by atoms with Crippen LogP contribution in [0, 0.1) is 6.92 Å². The molecule has 0 bridgehead atoms. The van der Waals surface area contributed by atoms with Gasteiger partial charge in [-0.25, -0.2) is 0 Å². The number of aromatic nitrogens is 1. The van der Waals surface area contributed by atoms with Gasteiger partial charge in [-0.1, -0.05) is 93.5 Å². The highest BCUT2D eigenvalue weighted by Gasteiger charge is 2.20. The molecular weight excluding hydrogens is 370 g/mol. The number of carbonyl (C=O) groups is 1. The third kappa shape index (κ3) is 5.60. The fourth-order valence-corrected chi connectivity index (χ4v) is 4.36. The van der Waals surface area contributed by atoms with Gasteiger partial charge >= 0.3 is 0 Å².